The van der Waals surface area contributed by atoms with Gasteiger partial charge in [0, 0.05) is 30.6 Å². The summed E-state index contributed by atoms with van der Waals surface area (Å²) in [5.74, 6) is 1.12. The SMILES string of the molecule is CCN(C(=O)c1ccc(=O)n(Cc2cc(OC)cc(OC)c2)c1)c1ccccc1. The number of amides is 1. The molecular weight excluding hydrogens is 368 g/mol. The monoisotopic (exact) mass is 392 g/mol. The summed E-state index contributed by atoms with van der Waals surface area (Å²) in [7, 11) is 3.15. The second kappa shape index (κ2) is 9.10. The molecule has 0 spiro atoms. The molecule has 0 atom stereocenters. The van der Waals surface area contributed by atoms with Crippen LogP contribution in [0, 0.1) is 0 Å². The van der Waals surface area contributed by atoms with E-state index in [1.165, 1.54) is 10.6 Å². The minimum absolute atomic E-state index is 0.157. The summed E-state index contributed by atoms with van der Waals surface area (Å²) in [5, 5.41) is 0. The normalized spacial score (nSPS) is 10.4. The molecule has 3 aromatic rings. The number of ether oxygens (including phenoxy) is 2. The summed E-state index contributed by atoms with van der Waals surface area (Å²) < 4.78 is 12.1. The van der Waals surface area contributed by atoms with Crippen LogP contribution in [-0.2, 0) is 6.54 Å². The van der Waals surface area contributed by atoms with Crippen molar-refractivity contribution in [2.24, 2.45) is 0 Å². The molecule has 150 valence electrons. The number of benzene rings is 2. The topological polar surface area (TPSA) is 60.8 Å². The first-order valence-corrected chi connectivity index (χ1v) is 9.35. The lowest BCUT2D eigenvalue weighted by Gasteiger charge is -2.21. The fourth-order valence-corrected chi connectivity index (χ4v) is 3.14. The van der Waals surface area contributed by atoms with Gasteiger partial charge in [0.1, 0.15) is 11.5 Å². The van der Waals surface area contributed by atoms with Crippen molar-refractivity contribution in [3.8, 4) is 11.5 Å². The molecule has 0 saturated carbocycles. The van der Waals surface area contributed by atoms with Gasteiger partial charge in [0.25, 0.3) is 11.5 Å². The molecule has 1 aromatic heterocycles. The first-order chi connectivity index (χ1) is 14.0. The van der Waals surface area contributed by atoms with E-state index in [1.807, 2.05) is 49.4 Å². The number of carbonyl (C=O) groups excluding carboxylic acids is 1. The third kappa shape index (κ3) is 4.66. The molecule has 6 nitrogen and oxygen atoms in total. The minimum atomic E-state index is -0.189. The number of para-hydroxylation sites is 1. The van der Waals surface area contributed by atoms with Crippen LogP contribution in [0.15, 0.2) is 71.7 Å². The van der Waals surface area contributed by atoms with Crippen molar-refractivity contribution in [3.63, 3.8) is 0 Å². The Morgan fingerprint density at radius 1 is 0.966 bits per heavy atom. The second-order valence-corrected chi connectivity index (χ2v) is 6.49. The Balaban J connectivity index is 1.92. The van der Waals surface area contributed by atoms with Crippen molar-refractivity contribution in [3.05, 3.63) is 88.3 Å². The molecule has 6 heteroatoms. The number of carbonyl (C=O) groups is 1. The standard InChI is InChI=1S/C23H24N2O4/c1-4-25(19-8-6-5-7-9-19)23(27)18-10-11-22(26)24(16-18)15-17-12-20(28-2)14-21(13-17)29-3/h5-14,16H,4,15H2,1-3H3. The number of hydrogen-bond acceptors (Lipinski definition) is 4. The maximum absolute atomic E-state index is 13.1. The summed E-state index contributed by atoms with van der Waals surface area (Å²) in [6.45, 7) is 2.74. The fraction of sp³-hybridized carbons (Fsp3) is 0.217. The molecule has 3 rings (SSSR count). The number of hydrogen-bond donors (Lipinski definition) is 0. The highest BCUT2D eigenvalue weighted by Crippen LogP contribution is 2.23. The highest BCUT2D eigenvalue weighted by molar-refractivity contribution is 6.05. The van der Waals surface area contributed by atoms with Gasteiger partial charge in [-0.1, -0.05) is 18.2 Å². The van der Waals surface area contributed by atoms with E-state index >= 15 is 0 Å². The molecule has 2 aromatic carbocycles. The average Bonchev–Trinajstić information content (AvgIpc) is 2.76. The van der Waals surface area contributed by atoms with Gasteiger partial charge < -0.3 is 18.9 Å². The van der Waals surface area contributed by atoms with Crippen molar-refractivity contribution < 1.29 is 14.3 Å². The van der Waals surface area contributed by atoms with Crippen LogP contribution in [0.4, 0.5) is 5.69 Å². The Bertz CT molecular complexity index is 1020. The quantitative estimate of drug-likeness (QED) is 0.617. The van der Waals surface area contributed by atoms with E-state index in [0.29, 0.717) is 30.2 Å². The predicted molar refractivity (Wildman–Crippen MR) is 113 cm³/mol. The molecule has 0 unspecified atom stereocenters. The van der Waals surface area contributed by atoms with Crippen LogP contribution < -0.4 is 19.9 Å². The van der Waals surface area contributed by atoms with Crippen LogP contribution in [0.5, 0.6) is 11.5 Å². The van der Waals surface area contributed by atoms with E-state index in [2.05, 4.69) is 0 Å². The molecule has 0 radical (unpaired) electrons. The third-order valence-electron chi connectivity index (χ3n) is 4.62. The van der Waals surface area contributed by atoms with Gasteiger partial charge in [0.15, 0.2) is 0 Å². The lowest BCUT2D eigenvalue weighted by atomic mass is 10.1. The molecular formula is C23H24N2O4. The van der Waals surface area contributed by atoms with Gasteiger partial charge in [-0.3, -0.25) is 9.59 Å². The highest BCUT2D eigenvalue weighted by Gasteiger charge is 2.17. The smallest absolute Gasteiger partial charge is 0.259 e. The largest absolute Gasteiger partial charge is 0.497 e. The van der Waals surface area contributed by atoms with E-state index in [9.17, 15) is 9.59 Å². The van der Waals surface area contributed by atoms with Gasteiger partial charge in [-0.25, -0.2) is 0 Å². The summed E-state index contributed by atoms with van der Waals surface area (Å²) in [6.07, 6.45) is 1.60. The molecule has 0 fully saturated rings. The van der Waals surface area contributed by atoms with Gasteiger partial charge in [-0.2, -0.15) is 0 Å². The van der Waals surface area contributed by atoms with Crippen LogP contribution >= 0.6 is 0 Å². The van der Waals surface area contributed by atoms with E-state index in [1.54, 1.807) is 37.4 Å². The first kappa shape index (κ1) is 20.2. The third-order valence-corrected chi connectivity index (χ3v) is 4.62. The number of rotatable bonds is 7. The summed E-state index contributed by atoms with van der Waals surface area (Å²) in [6, 6.07) is 17.9. The molecule has 1 amide bonds. The van der Waals surface area contributed by atoms with Crippen LogP contribution in [0.1, 0.15) is 22.8 Å². The van der Waals surface area contributed by atoms with Crippen molar-refractivity contribution in [1.29, 1.82) is 0 Å². The first-order valence-electron chi connectivity index (χ1n) is 9.35. The van der Waals surface area contributed by atoms with Crippen molar-refractivity contribution in [2.75, 3.05) is 25.7 Å². The number of pyridine rings is 1. The number of nitrogens with zero attached hydrogens (tertiary/aromatic N) is 2. The van der Waals surface area contributed by atoms with Crippen LogP contribution in [0.25, 0.3) is 0 Å². The minimum Gasteiger partial charge on any atom is -0.497 e. The van der Waals surface area contributed by atoms with Gasteiger partial charge in [0.05, 0.1) is 26.3 Å². The molecule has 0 aliphatic heterocycles. The van der Waals surface area contributed by atoms with Crippen molar-refractivity contribution >= 4 is 11.6 Å². The van der Waals surface area contributed by atoms with Gasteiger partial charge in [-0.15, -0.1) is 0 Å². The maximum Gasteiger partial charge on any atom is 0.259 e. The fourth-order valence-electron chi connectivity index (χ4n) is 3.14. The van der Waals surface area contributed by atoms with E-state index in [-0.39, 0.29) is 11.5 Å². The zero-order chi connectivity index (χ0) is 20.8. The van der Waals surface area contributed by atoms with E-state index < -0.39 is 0 Å². The van der Waals surface area contributed by atoms with Crippen LogP contribution in [0.3, 0.4) is 0 Å². The Morgan fingerprint density at radius 3 is 2.21 bits per heavy atom. The molecule has 1 heterocycles. The van der Waals surface area contributed by atoms with E-state index in [0.717, 1.165) is 11.3 Å². The number of anilines is 1. The summed E-state index contributed by atoms with van der Waals surface area (Å²) in [5.41, 5.74) is 1.91. The number of methoxy groups -OCH3 is 2. The molecule has 0 aliphatic rings. The molecule has 0 bridgehead atoms. The second-order valence-electron chi connectivity index (χ2n) is 6.49. The zero-order valence-corrected chi connectivity index (χ0v) is 16.8. The lowest BCUT2D eigenvalue weighted by molar-refractivity contribution is 0.0987. The van der Waals surface area contributed by atoms with Crippen LogP contribution in [-0.4, -0.2) is 31.2 Å². The van der Waals surface area contributed by atoms with Gasteiger partial charge in [-0.05, 0) is 42.8 Å². The summed E-state index contributed by atoms with van der Waals surface area (Å²) >= 11 is 0. The van der Waals surface area contributed by atoms with Crippen molar-refractivity contribution in [1.82, 2.24) is 4.57 Å². The molecule has 0 N–H and O–H groups in total. The lowest BCUT2D eigenvalue weighted by Crippen LogP contribution is -2.32. The molecule has 0 saturated heterocycles. The average molecular weight is 392 g/mol. The molecule has 0 aliphatic carbocycles. The van der Waals surface area contributed by atoms with Gasteiger partial charge in [0.2, 0.25) is 0 Å². The zero-order valence-electron chi connectivity index (χ0n) is 16.8. The summed E-state index contributed by atoms with van der Waals surface area (Å²) in [4.78, 5) is 27.1. The predicted octanol–water partition coefficient (Wildman–Crippen LogP) is 3.58. The van der Waals surface area contributed by atoms with Crippen LogP contribution in [0.2, 0.25) is 0 Å². The Labute approximate surface area is 169 Å². The Morgan fingerprint density at radius 2 is 1.62 bits per heavy atom. The maximum atomic E-state index is 13.1. The molecule has 29 heavy (non-hydrogen) atoms. The van der Waals surface area contributed by atoms with E-state index in [4.69, 9.17) is 9.47 Å². The van der Waals surface area contributed by atoms with Crippen molar-refractivity contribution in [2.45, 2.75) is 13.5 Å². The Hall–Kier alpha value is -3.54. The Kier molecular flexibility index (Phi) is 6.34. The number of aromatic nitrogens is 1. The van der Waals surface area contributed by atoms with Gasteiger partial charge >= 0.3 is 0 Å². The highest BCUT2D eigenvalue weighted by atomic mass is 16.5.